The molecule has 6 heteroatoms. The van der Waals surface area contributed by atoms with E-state index in [1.165, 1.54) is 0 Å². The number of para-hydroxylation sites is 1. The summed E-state index contributed by atoms with van der Waals surface area (Å²) in [4.78, 5) is 16.9. The number of urea groups is 1. The fraction of sp³-hybridized carbons (Fsp3) is 0.650. The van der Waals surface area contributed by atoms with Crippen LogP contribution in [0.3, 0.4) is 0 Å². The van der Waals surface area contributed by atoms with E-state index in [0.717, 1.165) is 83.2 Å². The number of benzene rings is 1. The van der Waals surface area contributed by atoms with E-state index in [4.69, 9.17) is 9.47 Å². The van der Waals surface area contributed by atoms with Gasteiger partial charge in [0.05, 0.1) is 19.8 Å². The first-order valence-corrected chi connectivity index (χ1v) is 9.78. The van der Waals surface area contributed by atoms with Gasteiger partial charge < -0.3 is 19.7 Å². The smallest absolute Gasteiger partial charge is 0.321 e. The van der Waals surface area contributed by atoms with Crippen LogP contribution in [0.4, 0.5) is 10.5 Å². The average molecular weight is 361 g/mol. The van der Waals surface area contributed by atoms with Crippen molar-refractivity contribution >= 4 is 11.7 Å². The molecule has 2 saturated heterocycles. The lowest BCUT2D eigenvalue weighted by Crippen LogP contribution is -2.36. The molecule has 3 rings (SSSR count). The van der Waals surface area contributed by atoms with E-state index in [1.54, 1.807) is 0 Å². The Labute approximate surface area is 156 Å². The molecular weight excluding hydrogens is 330 g/mol. The Kier molecular flexibility index (Phi) is 7.29. The minimum absolute atomic E-state index is 0.00239. The Hall–Kier alpha value is -1.63. The first-order chi connectivity index (χ1) is 12.8. The van der Waals surface area contributed by atoms with Gasteiger partial charge in [0, 0.05) is 50.9 Å². The van der Waals surface area contributed by atoms with Gasteiger partial charge in [-0.15, -0.1) is 0 Å². The average Bonchev–Trinajstić information content (AvgIpc) is 3.13. The highest BCUT2D eigenvalue weighted by atomic mass is 16.5. The molecule has 1 atom stereocenters. The maximum Gasteiger partial charge on any atom is 0.321 e. The van der Waals surface area contributed by atoms with Crippen LogP contribution in [0.2, 0.25) is 0 Å². The second-order valence-corrected chi connectivity index (χ2v) is 7.15. The zero-order valence-electron chi connectivity index (χ0n) is 15.8. The first kappa shape index (κ1) is 19.1. The molecule has 2 aliphatic rings. The summed E-state index contributed by atoms with van der Waals surface area (Å²) in [5.74, 6) is 0.455. The molecule has 0 spiro atoms. The van der Waals surface area contributed by atoms with Gasteiger partial charge in [-0.05, 0) is 24.5 Å². The van der Waals surface area contributed by atoms with E-state index < -0.39 is 0 Å². The predicted molar refractivity (Wildman–Crippen MR) is 102 cm³/mol. The summed E-state index contributed by atoms with van der Waals surface area (Å²) >= 11 is 0. The lowest BCUT2D eigenvalue weighted by Gasteiger charge is -2.27. The number of ether oxygens (including phenoxy) is 2. The largest absolute Gasteiger partial charge is 0.381 e. The Morgan fingerprint density at radius 1 is 1.27 bits per heavy atom. The van der Waals surface area contributed by atoms with E-state index in [2.05, 4.69) is 23.2 Å². The molecule has 1 aromatic carbocycles. The Morgan fingerprint density at radius 2 is 2.08 bits per heavy atom. The summed E-state index contributed by atoms with van der Waals surface area (Å²) in [5.41, 5.74) is 2.07. The van der Waals surface area contributed by atoms with Gasteiger partial charge in [0.1, 0.15) is 0 Å². The Morgan fingerprint density at radius 3 is 2.88 bits per heavy atom. The standard InChI is InChI=1S/C20H31N3O3/c1-2-11-26-16-17-7-8-23(14-17)20(24)21-19-6-4-3-5-18(19)15-22-9-12-25-13-10-22/h3-6,17H,2,7-16H2,1H3,(H,21,24)/t17-/m1/s1. The van der Waals surface area contributed by atoms with Gasteiger partial charge >= 0.3 is 6.03 Å². The van der Waals surface area contributed by atoms with Crippen LogP contribution >= 0.6 is 0 Å². The Balaban J connectivity index is 1.52. The van der Waals surface area contributed by atoms with E-state index in [9.17, 15) is 4.79 Å². The lowest BCUT2D eigenvalue weighted by molar-refractivity contribution is 0.0342. The molecule has 6 nitrogen and oxygen atoms in total. The fourth-order valence-electron chi connectivity index (χ4n) is 3.52. The molecule has 1 N–H and O–H groups in total. The molecule has 0 aliphatic carbocycles. The summed E-state index contributed by atoms with van der Waals surface area (Å²) in [6.07, 6.45) is 2.06. The van der Waals surface area contributed by atoms with Crippen molar-refractivity contribution in [2.24, 2.45) is 5.92 Å². The van der Waals surface area contributed by atoms with Crippen LogP contribution in [0.1, 0.15) is 25.3 Å². The number of morpholine rings is 1. The summed E-state index contributed by atoms with van der Waals surface area (Å²) in [6, 6.07) is 8.09. The van der Waals surface area contributed by atoms with Crippen LogP contribution < -0.4 is 5.32 Å². The lowest BCUT2D eigenvalue weighted by atomic mass is 10.1. The molecule has 144 valence electrons. The number of carbonyl (C=O) groups excluding carboxylic acids is 1. The molecule has 2 amide bonds. The molecule has 0 radical (unpaired) electrons. The van der Waals surface area contributed by atoms with Gasteiger partial charge in [-0.3, -0.25) is 4.90 Å². The Bertz CT molecular complexity index is 575. The third kappa shape index (κ3) is 5.43. The second-order valence-electron chi connectivity index (χ2n) is 7.15. The molecule has 1 aromatic rings. The summed E-state index contributed by atoms with van der Waals surface area (Å²) < 4.78 is 11.1. The zero-order chi connectivity index (χ0) is 18.2. The first-order valence-electron chi connectivity index (χ1n) is 9.78. The SMILES string of the molecule is CCCOC[C@@H]1CCN(C(=O)Nc2ccccc2CN2CCOCC2)C1. The number of likely N-dealkylation sites (tertiary alicyclic amines) is 1. The van der Waals surface area contributed by atoms with E-state index in [-0.39, 0.29) is 6.03 Å². The molecule has 0 unspecified atom stereocenters. The number of hydrogen-bond acceptors (Lipinski definition) is 4. The normalized spacial score (nSPS) is 21.1. The molecule has 0 bridgehead atoms. The molecule has 26 heavy (non-hydrogen) atoms. The third-order valence-electron chi connectivity index (χ3n) is 5.03. The maximum absolute atomic E-state index is 12.7. The van der Waals surface area contributed by atoms with Crippen molar-refractivity contribution in [1.29, 1.82) is 0 Å². The van der Waals surface area contributed by atoms with Gasteiger partial charge in [-0.2, -0.15) is 0 Å². The van der Waals surface area contributed by atoms with Crippen LogP contribution in [0.15, 0.2) is 24.3 Å². The summed E-state index contributed by atoms with van der Waals surface area (Å²) in [6.45, 7) is 9.53. The van der Waals surface area contributed by atoms with Crippen molar-refractivity contribution in [3.8, 4) is 0 Å². The monoisotopic (exact) mass is 361 g/mol. The topological polar surface area (TPSA) is 54.0 Å². The quantitative estimate of drug-likeness (QED) is 0.759. The van der Waals surface area contributed by atoms with Crippen LogP contribution in [-0.2, 0) is 16.0 Å². The van der Waals surface area contributed by atoms with Crippen molar-refractivity contribution in [3.05, 3.63) is 29.8 Å². The highest BCUT2D eigenvalue weighted by Crippen LogP contribution is 2.21. The van der Waals surface area contributed by atoms with Crippen molar-refractivity contribution in [2.45, 2.75) is 26.3 Å². The molecule has 2 aliphatic heterocycles. The number of nitrogens with zero attached hydrogens (tertiary/aromatic N) is 2. The van der Waals surface area contributed by atoms with Crippen LogP contribution in [0.5, 0.6) is 0 Å². The van der Waals surface area contributed by atoms with Crippen molar-refractivity contribution in [3.63, 3.8) is 0 Å². The van der Waals surface area contributed by atoms with Crippen LogP contribution in [0.25, 0.3) is 0 Å². The third-order valence-corrected chi connectivity index (χ3v) is 5.03. The number of rotatable bonds is 7. The minimum atomic E-state index is -0.00239. The molecular formula is C20H31N3O3. The highest BCUT2D eigenvalue weighted by molar-refractivity contribution is 5.90. The van der Waals surface area contributed by atoms with Gasteiger partial charge in [0.25, 0.3) is 0 Å². The highest BCUT2D eigenvalue weighted by Gasteiger charge is 2.26. The fourth-order valence-corrected chi connectivity index (χ4v) is 3.52. The minimum Gasteiger partial charge on any atom is -0.381 e. The summed E-state index contributed by atoms with van der Waals surface area (Å²) in [5, 5.41) is 3.12. The van der Waals surface area contributed by atoms with Crippen LogP contribution in [0, 0.1) is 5.92 Å². The second kappa shape index (κ2) is 9.90. The molecule has 2 heterocycles. The van der Waals surface area contributed by atoms with Gasteiger partial charge in [0.15, 0.2) is 0 Å². The number of carbonyl (C=O) groups is 1. The number of anilines is 1. The van der Waals surface area contributed by atoms with Crippen LogP contribution in [-0.4, -0.2) is 68.4 Å². The summed E-state index contributed by atoms with van der Waals surface area (Å²) in [7, 11) is 0. The predicted octanol–water partition coefficient (Wildman–Crippen LogP) is 2.80. The van der Waals surface area contributed by atoms with Crippen molar-refractivity contribution in [1.82, 2.24) is 9.80 Å². The zero-order valence-corrected chi connectivity index (χ0v) is 15.8. The van der Waals surface area contributed by atoms with Crippen molar-refractivity contribution < 1.29 is 14.3 Å². The van der Waals surface area contributed by atoms with Gasteiger partial charge in [-0.25, -0.2) is 4.79 Å². The van der Waals surface area contributed by atoms with Crippen molar-refractivity contribution in [2.75, 3.05) is 57.9 Å². The molecule has 0 aromatic heterocycles. The number of amides is 2. The number of hydrogen-bond donors (Lipinski definition) is 1. The maximum atomic E-state index is 12.7. The number of nitrogens with one attached hydrogen (secondary N) is 1. The molecule has 2 fully saturated rings. The van der Waals surface area contributed by atoms with E-state index in [0.29, 0.717) is 5.92 Å². The van der Waals surface area contributed by atoms with E-state index in [1.807, 2.05) is 23.1 Å². The van der Waals surface area contributed by atoms with Gasteiger partial charge in [0.2, 0.25) is 0 Å². The van der Waals surface area contributed by atoms with E-state index >= 15 is 0 Å². The van der Waals surface area contributed by atoms with Gasteiger partial charge in [-0.1, -0.05) is 25.1 Å². The molecule has 0 saturated carbocycles.